The smallest absolute Gasteiger partial charge is 0.119 e. The van der Waals surface area contributed by atoms with Gasteiger partial charge in [0.25, 0.3) is 0 Å². The average molecular weight is 248 g/mol. The van der Waals surface area contributed by atoms with Crippen LogP contribution in [-0.4, -0.2) is 11.7 Å². The highest BCUT2D eigenvalue weighted by Gasteiger charge is 2.34. The van der Waals surface area contributed by atoms with Crippen LogP contribution in [0.3, 0.4) is 0 Å². The zero-order chi connectivity index (χ0) is 13.0. The van der Waals surface area contributed by atoms with E-state index >= 15 is 0 Å². The van der Waals surface area contributed by atoms with Gasteiger partial charge in [-0.05, 0) is 56.2 Å². The van der Waals surface area contributed by atoms with Gasteiger partial charge in [0.1, 0.15) is 5.75 Å². The van der Waals surface area contributed by atoms with Crippen molar-refractivity contribution in [1.29, 1.82) is 0 Å². The summed E-state index contributed by atoms with van der Waals surface area (Å²) in [5.74, 6) is 1.65. The topological polar surface area (TPSA) is 29.5 Å². The molecule has 1 fully saturated rings. The lowest BCUT2D eigenvalue weighted by Gasteiger charge is -2.36. The van der Waals surface area contributed by atoms with E-state index in [1.54, 1.807) is 0 Å². The van der Waals surface area contributed by atoms with Crippen LogP contribution < -0.4 is 4.74 Å². The van der Waals surface area contributed by atoms with E-state index in [0.717, 1.165) is 42.9 Å². The molecule has 100 valence electrons. The van der Waals surface area contributed by atoms with Gasteiger partial charge in [-0.3, -0.25) is 0 Å². The molecule has 0 aromatic heterocycles. The van der Waals surface area contributed by atoms with Crippen molar-refractivity contribution < 1.29 is 9.84 Å². The first kappa shape index (κ1) is 13.4. The summed E-state index contributed by atoms with van der Waals surface area (Å²) in [5, 5.41) is 10.8. The summed E-state index contributed by atoms with van der Waals surface area (Å²) in [6.07, 6.45) is 5.25. The van der Waals surface area contributed by atoms with Crippen LogP contribution in [0, 0.1) is 5.92 Å². The molecule has 2 heteroatoms. The zero-order valence-corrected chi connectivity index (χ0v) is 11.5. The molecular formula is C16H24O2. The van der Waals surface area contributed by atoms with E-state index in [1.165, 1.54) is 6.42 Å². The third-order valence-electron chi connectivity index (χ3n) is 4.19. The summed E-state index contributed by atoms with van der Waals surface area (Å²) < 4.78 is 5.51. The minimum Gasteiger partial charge on any atom is -0.494 e. The van der Waals surface area contributed by atoms with E-state index < -0.39 is 5.60 Å². The molecular weight excluding hydrogens is 224 g/mol. The van der Waals surface area contributed by atoms with Gasteiger partial charge in [-0.2, -0.15) is 0 Å². The number of hydrogen-bond donors (Lipinski definition) is 1. The number of aliphatic hydroxyl groups is 1. The van der Waals surface area contributed by atoms with Crippen molar-refractivity contribution in [3.05, 3.63) is 29.8 Å². The Morgan fingerprint density at radius 2 is 2.00 bits per heavy atom. The first-order valence-electron chi connectivity index (χ1n) is 7.13. The predicted octanol–water partition coefficient (Wildman–Crippen LogP) is 3.87. The van der Waals surface area contributed by atoms with Gasteiger partial charge < -0.3 is 9.84 Å². The third kappa shape index (κ3) is 2.86. The fourth-order valence-electron chi connectivity index (χ4n) is 2.89. The second kappa shape index (κ2) is 5.75. The van der Waals surface area contributed by atoms with Gasteiger partial charge in [0, 0.05) is 0 Å². The van der Waals surface area contributed by atoms with E-state index in [2.05, 4.69) is 6.92 Å². The zero-order valence-electron chi connectivity index (χ0n) is 11.5. The first-order chi connectivity index (χ1) is 8.68. The molecule has 1 aromatic carbocycles. The van der Waals surface area contributed by atoms with Crippen molar-refractivity contribution in [3.8, 4) is 5.75 Å². The number of ether oxygens (including phenoxy) is 1. The summed E-state index contributed by atoms with van der Waals surface area (Å²) in [7, 11) is 0. The maximum Gasteiger partial charge on any atom is 0.119 e. The summed E-state index contributed by atoms with van der Waals surface area (Å²) in [6, 6.07) is 7.95. The Balaban J connectivity index is 2.12. The monoisotopic (exact) mass is 248 g/mol. The molecule has 1 saturated carbocycles. The van der Waals surface area contributed by atoms with Gasteiger partial charge in [0.2, 0.25) is 0 Å². The van der Waals surface area contributed by atoms with E-state index in [9.17, 15) is 5.11 Å². The number of benzene rings is 1. The van der Waals surface area contributed by atoms with Crippen molar-refractivity contribution in [2.75, 3.05) is 6.61 Å². The van der Waals surface area contributed by atoms with Crippen LogP contribution in [0.25, 0.3) is 0 Å². The van der Waals surface area contributed by atoms with E-state index in [1.807, 2.05) is 31.2 Å². The van der Waals surface area contributed by atoms with E-state index in [4.69, 9.17) is 4.74 Å². The molecule has 0 saturated heterocycles. The summed E-state index contributed by atoms with van der Waals surface area (Å²) in [6.45, 7) is 4.89. The van der Waals surface area contributed by atoms with Crippen molar-refractivity contribution >= 4 is 0 Å². The molecule has 2 rings (SSSR count). The van der Waals surface area contributed by atoms with Crippen LogP contribution in [0.5, 0.6) is 5.75 Å². The SMILES string of the molecule is CCOc1cccc(C2(O)CCC(CC)CC2)c1. The van der Waals surface area contributed by atoms with Gasteiger partial charge in [0.15, 0.2) is 0 Å². The van der Waals surface area contributed by atoms with E-state index in [0.29, 0.717) is 6.61 Å². The van der Waals surface area contributed by atoms with Crippen molar-refractivity contribution in [1.82, 2.24) is 0 Å². The number of hydrogen-bond acceptors (Lipinski definition) is 2. The predicted molar refractivity (Wildman–Crippen MR) is 73.8 cm³/mol. The summed E-state index contributed by atoms with van der Waals surface area (Å²) >= 11 is 0. The van der Waals surface area contributed by atoms with Crippen molar-refractivity contribution in [3.63, 3.8) is 0 Å². The average Bonchev–Trinajstić information content (AvgIpc) is 2.40. The summed E-state index contributed by atoms with van der Waals surface area (Å²) in [4.78, 5) is 0. The molecule has 1 N–H and O–H groups in total. The molecule has 2 nitrogen and oxygen atoms in total. The largest absolute Gasteiger partial charge is 0.494 e. The lowest BCUT2D eigenvalue weighted by atomic mass is 9.74. The lowest BCUT2D eigenvalue weighted by molar-refractivity contribution is -0.0147. The fraction of sp³-hybridized carbons (Fsp3) is 0.625. The van der Waals surface area contributed by atoms with Crippen LogP contribution in [0.2, 0.25) is 0 Å². The summed E-state index contributed by atoms with van der Waals surface area (Å²) in [5.41, 5.74) is 0.377. The normalized spacial score (nSPS) is 28.1. The van der Waals surface area contributed by atoms with Crippen molar-refractivity contribution in [2.24, 2.45) is 5.92 Å². The highest BCUT2D eigenvalue weighted by molar-refractivity contribution is 5.32. The van der Waals surface area contributed by atoms with Crippen LogP contribution in [0.4, 0.5) is 0 Å². The lowest BCUT2D eigenvalue weighted by Crippen LogP contribution is -2.31. The Bertz CT molecular complexity index is 378. The molecule has 1 aliphatic rings. The molecule has 0 radical (unpaired) electrons. The van der Waals surface area contributed by atoms with Gasteiger partial charge in [0.05, 0.1) is 12.2 Å². The minimum atomic E-state index is -0.640. The quantitative estimate of drug-likeness (QED) is 0.876. The Hall–Kier alpha value is -1.02. The Kier molecular flexibility index (Phi) is 4.28. The molecule has 0 spiro atoms. The standard InChI is InChI=1S/C16H24O2/c1-3-13-8-10-16(17,11-9-13)14-6-5-7-15(12-14)18-4-2/h5-7,12-13,17H,3-4,8-11H2,1-2H3. The van der Waals surface area contributed by atoms with Gasteiger partial charge in [-0.15, -0.1) is 0 Å². The molecule has 0 atom stereocenters. The second-order valence-electron chi connectivity index (χ2n) is 5.34. The van der Waals surface area contributed by atoms with Gasteiger partial charge >= 0.3 is 0 Å². The molecule has 0 amide bonds. The first-order valence-corrected chi connectivity index (χ1v) is 7.13. The molecule has 0 bridgehead atoms. The molecule has 18 heavy (non-hydrogen) atoms. The Morgan fingerprint density at radius 3 is 2.61 bits per heavy atom. The van der Waals surface area contributed by atoms with E-state index in [-0.39, 0.29) is 0 Å². The van der Waals surface area contributed by atoms with Crippen LogP contribution in [0.1, 0.15) is 51.5 Å². The molecule has 1 aliphatic carbocycles. The molecule has 1 aromatic rings. The fourth-order valence-corrected chi connectivity index (χ4v) is 2.89. The maximum absolute atomic E-state index is 10.8. The highest BCUT2D eigenvalue weighted by Crippen LogP contribution is 2.41. The molecule has 0 heterocycles. The minimum absolute atomic E-state index is 0.640. The van der Waals surface area contributed by atoms with Crippen LogP contribution in [-0.2, 0) is 5.60 Å². The third-order valence-corrected chi connectivity index (χ3v) is 4.19. The van der Waals surface area contributed by atoms with Gasteiger partial charge in [-0.25, -0.2) is 0 Å². The molecule has 0 unspecified atom stereocenters. The Morgan fingerprint density at radius 1 is 1.28 bits per heavy atom. The van der Waals surface area contributed by atoms with Crippen LogP contribution in [0.15, 0.2) is 24.3 Å². The van der Waals surface area contributed by atoms with Gasteiger partial charge in [-0.1, -0.05) is 25.5 Å². The van der Waals surface area contributed by atoms with Crippen molar-refractivity contribution in [2.45, 2.75) is 51.6 Å². The second-order valence-corrected chi connectivity index (χ2v) is 5.34. The van der Waals surface area contributed by atoms with Crippen LogP contribution >= 0.6 is 0 Å². The molecule has 0 aliphatic heterocycles. The maximum atomic E-state index is 10.8. The Labute approximate surface area is 110 Å². The highest BCUT2D eigenvalue weighted by atomic mass is 16.5. The number of rotatable bonds is 4.